The van der Waals surface area contributed by atoms with Gasteiger partial charge in [0.25, 0.3) is 5.91 Å². The first-order valence-electron chi connectivity index (χ1n) is 8.28. The largest absolute Gasteiger partial charge is 0.350 e. The SMILES string of the molecule is O=C(NCCc1cccc2cccnc12)c1ccc2ccccc2n1. The van der Waals surface area contributed by atoms with E-state index in [1.54, 1.807) is 12.3 Å². The fraction of sp³-hybridized carbons (Fsp3) is 0.0952. The zero-order valence-electron chi connectivity index (χ0n) is 13.6. The number of amides is 1. The molecule has 0 radical (unpaired) electrons. The molecule has 0 unspecified atom stereocenters. The van der Waals surface area contributed by atoms with Crippen LogP contribution in [0, 0.1) is 0 Å². The van der Waals surface area contributed by atoms with Gasteiger partial charge in [0.15, 0.2) is 0 Å². The first-order valence-corrected chi connectivity index (χ1v) is 8.28. The van der Waals surface area contributed by atoms with Crippen LogP contribution < -0.4 is 5.32 Å². The molecule has 0 bridgehead atoms. The van der Waals surface area contributed by atoms with E-state index in [1.807, 2.05) is 54.6 Å². The number of benzene rings is 2. The van der Waals surface area contributed by atoms with Crippen LogP contribution in [0.2, 0.25) is 0 Å². The second kappa shape index (κ2) is 6.69. The number of fused-ring (bicyclic) bond motifs is 2. The van der Waals surface area contributed by atoms with Gasteiger partial charge in [0.05, 0.1) is 11.0 Å². The van der Waals surface area contributed by atoms with Crippen LogP contribution >= 0.6 is 0 Å². The maximum Gasteiger partial charge on any atom is 0.269 e. The Labute approximate surface area is 145 Å². The quantitative estimate of drug-likeness (QED) is 0.621. The second-order valence-corrected chi connectivity index (χ2v) is 5.89. The fourth-order valence-electron chi connectivity index (χ4n) is 2.96. The van der Waals surface area contributed by atoms with Gasteiger partial charge in [-0.05, 0) is 30.2 Å². The third-order valence-corrected chi connectivity index (χ3v) is 4.23. The van der Waals surface area contributed by atoms with Gasteiger partial charge < -0.3 is 5.32 Å². The van der Waals surface area contributed by atoms with E-state index in [0.29, 0.717) is 12.2 Å². The summed E-state index contributed by atoms with van der Waals surface area (Å²) in [7, 11) is 0. The van der Waals surface area contributed by atoms with Crippen molar-refractivity contribution in [2.24, 2.45) is 0 Å². The molecule has 2 aromatic carbocycles. The minimum Gasteiger partial charge on any atom is -0.350 e. The first kappa shape index (κ1) is 15.3. The number of nitrogens with zero attached hydrogens (tertiary/aromatic N) is 2. The van der Waals surface area contributed by atoms with Crippen molar-refractivity contribution in [1.29, 1.82) is 0 Å². The maximum atomic E-state index is 12.4. The third-order valence-electron chi connectivity index (χ3n) is 4.23. The second-order valence-electron chi connectivity index (χ2n) is 5.89. The van der Waals surface area contributed by atoms with Crippen molar-refractivity contribution in [1.82, 2.24) is 15.3 Å². The highest BCUT2D eigenvalue weighted by atomic mass is 16.1. The van der Waals surface area contributed by atoms with Crippen LogP contribution in [-0.2, 0) is 6.42 Å². The molecule has 0 aliphatic rings. The average Bonchev–Trinajstić information content (AvgIpc) is 2.67. The van der Waals surface area contributed by atoms with Crippen LogP contribution in [0.3, 0.4) is 0 Å². The van der Waals surface area contributed by atoms with Gasteiger partial charge in [-0.15, -0.1) is 0 Å². The van der Waals surface area contributed by atoms with Crippen molar-refractivity contribution >= 4 is 27.7 Å². The molecule has 0 saturated carbocycles. The van der Waals surface area contributed by atoms with Gasteiger partial charge >= 0.3 is 0 Å². The number of pyridine rings is 2. The highest BCUT2D eigenvalue weighted by Gasteiger charge is 2.08. The molecule has 4 nitrogen and oxygen atoms in total. The lowest BCUT2D eigenvalue weighted by Gasteiger charge is -2.08. The topological polar surface area (TPSA) is 54.9 Å². The molecule has 0 fully saturated rings. The molecule has 0 aliphatic heterocycles. The molecule has 0 spiro atoms. The molecular formula is C21H17N3O. The summed E-state index contributed by atoms with van der Waals surface area (Å²) in [6.07, 6.45) is 2.52. The Balaban J connectivity index is 1.46. The summed E-state index contributed by atoms with van der Waals surface area (Å²) in [5.41, 5.74) is 3.39. The molecule has 0 atom stereocenters. The van der Waals surface area contributed by atoms with Crippen molar-refractivity contribution in [2.75, 3.05) is 6.54 Å². The normalized spacial score (nSPS) is 10.9. The molecule has 1 N–H and O–H groups in total. The first-order chi connectivity index (χ1) is 12.3. The van der Waals surface area contributed by atoms with Gasteiger partial charge in [0.2, 0.25) is 0 Å². The van der Waals surface area contributed by atoms with Crippen LogP contribution in [-0.4, -0.2) is 22.4 Å². The number of hydrogen-bond donors (Lipinski definition) is 1. The Bertz CT molecular complexity index is 1050. The van der Waals surface area contributed by atoms with E-state index < -0.39 is 0 Å². The molecular weight excluding hydrogens is 310 g/mol. The Morgan fingerprint density at radius 2 is 1.72 bits per heavy atom. The van der Waals surface area contributed by atoms with Gasteiger partial charge in [-0.1, -0.05) is 48.5 Å². The van der Waals surface area contributed by atoms with Crippen LogP contribution in [0.4, 0.5) is 0 Å². The van der Waals surface area contributed by atoms with Crippen molar-refractivity contribution < 1.29 is 4.79 Å². The molecule has 2 heterocycles. The number of carbonyl (C=O) groups is 1. The summed E-state index contributed by atoms with van der Waals surface area (Å²) in [6.45, 7) is 0.545. The van der Waals surface area contributed by atoms with E-state index >= 15 is 0 Å². The molecule has 2 aromatic heterocycles. The molecule has 4 aromatic rings. The van der Waals surface area contributed by atoms with E-state index in [0.717, 1.165) is 33.8 Å². The van der Waals surface area contributed by atoms with Gasteiger partial charge in [0.1, 0.15) is 5.69 Å². The number of aromatic nitrogens is 2. The standard InChI is InChI=1S/C21H17N3O/c25-21(19-11-10-15-5-1-2-9-18(15)24-19)23-14-12-17-7-3-6-16-8-4-13-22-20(16)17/h1-11,13H,12,14H2,(H,23,25). The lowest BCUT2D eigenvalue weighted by molar-refractivity contribution is 0.0949. The van der Waals surface area contributed by atoms with Crippen molar-refractivity contribution in [3.05, 3.63) is 84.2 Å². The van der Waals surface area contributed by atoms with Crippen LogP contribution in [0.25, 0.3) is 21.8 Å². The molecule has 1 amide bonds. The fourth-order valence-corrected chi connectivity index (χ4v) is 2.96. The van der Waals surface area contributed by atoms with E-state index in [4.69, 9.17) is 0 Å². The average molecular weight is 327 g/mol. The lowest BCUT2D eigenvalue weighted by atomic mass is 10.1. The number of carbonyl (C=O) groups excluding carboxylic acids is 1. The number of para-hydroxylation sites is 2. The minimum atomic E-state index is -0.154. The molecule has 0 saturated heterocycles. The Morgan fingerprint density at radius 3 is 2.68 bits per heavy atom. The number of rotatable bonds is 4. The number of hydrogen-bond acceptors (Lipinski definition) is 3. The predicted molar refractivity (Wildman–Crippen MR) is 99.5 cm³/mol. The van der Waals surface area contributed by atoms with E-state index in [2.05, 4.69) is 21.4 Å². The molecule has 4 heteroatoms. The zero-order chi connectivity index (χ0) is 17.1. The molecule has 0 aliphatic carbocycles. The Hall–Kier alpha value is -3.27. The summed E-state index contributed by atoms with van der Waals surface area (Å²) in [5.74, 6) is -0.154. The van der Waals surface area contributed by atoms with Gasteiger partial charge in [-0.3, -0.25) is 9.78 Å². The van der Waals surface area contributed by atoms with Crippen molar-refractivity contribution in [3.8, 4) is 0 Å². The summed E-state index contributed by atoms with van der Waals surface area (Å²) in [6, 6.07) is 21.6. The Morgan fingerprint density at radius 1 is 0.880 bits per heavy atom. The van der Waals surface area contributed by atoms with E-state index in [1.165, 1.54) is 0 Å². The number of nitrogens with one attached hydrogen (secondary N) is 1. The van der Waals surface area contributed by atoms with Gasteiger partial charge in [0, 0.05) is 23.5 Å². The molecule has 122 valence electrons. The van der Waals surface area contributed by atoms with Crippen molar-refractivity contribution in [2.45, 2.75) is 6.42 Å². The summed E-state index contributed by atoms with van der Waals surface area (Å²) < 4.78 is 0. The van der Waals surface area contributed by atoms with Crippen LogP contribution in [0.15, 0.2) is 72.9 Å². The summed E-state index contributed by atoms with van der Waals surface area (Å²) in [4.78, 5) is 21.2. The third kappa shape index (κ3) is 3.19. The van der Waals surface area contributed by atoms with Crippen LogP contribution in [0.1, 0.15) is 16.1 Å². The maximum absolute atomic E-state index is 12.4. The minimum absolute atomic E-state index is 0.154. The van der Waals surface area contributed by atoms with E-state index in [9.17, 15) is 4.79 Å². The summed E-state index contributed by atoms with van der Waals surface area (Å²) >= 11 is 0. The smallest absolute Gasteiger partial charge is 0.269 e. The highest BCUT2D eigenvalue weighted by molar-refractivity contribution is 5.94. The summed E-state index contributed by atoms with van der Waals surface area (Å²) in [5, 5.41) is 5.09. The molecule has 4 rings (SSSR count). The Kier molecular flexibility index (Phi) is 4.09. The van der Waals surface area contributed by atoms with Crippen LogP contribution in [0.5, 0.6) is 0 Å². The molecule has 25 heavy (non-hydrogen) atoms. The highest BCUT2D eigenvalue weighted by Crippen LogP contribution is 2.16. The van der Waals surface area contributed by atoms with Gasteiger partial charge in [-0.25, -0.2) is 4.98 Å². The van der Waals surface area contributed by atoms with E-state index in [-0.39, 0.29) is 5.91 Å². The zero-order valence-corrected chi connectivity index (χ0v) is 13.6. The van der Waals surface area contributed by atoms with Gasteiger partial charge in [-0.2, -0.15) is 0 Å². The monoisotopic (exact) mass is 327 g/mol. The predicted octanol–water partition coefficient (Wildman–Crippen LogP) is 3.76. The van der Waals surface area contributed by atoms with Crippen molar-refractivity contribution in [3.63, 3.8) is 0 Å². The lowest BCUT2D eigenvalue weighted by Crippen LogP contribution is -2.26.